The third kappa shape index (κ3) is 5.62. The third-order valence-corrected chi connectivity index (χ3v) is 6.73. The molecule has 1 aromatic heterocycles. The van der Waals surface area contributed by atoms with Crippen molar-refractivity contribution in [1.29, 1.82) is 0 Å². The van der Waals surface area contributed by atoms with Crippen LogP contribution in [-0.4, -0.2) is 53.6 Å². The fraction of sp³-hybridized carbons (Fsp3) is 0.318. The predicted molar refractivity (Wildman–Crippen MR) is 130 cm³/mol. The minimum atomic E-state index is -0.152. The van der Waals surface area contributed by atoms with E-state index in [1.165, 1.54) is 11.5 Å². The van der Waals surface area contributed by atoms with E-state index in [9.17, 15) is 4.79 Å². The summed E-state index contributed by atoms with van der Waals surface area (Å²) < 4.78 is 9.82. The second-order valence-corrected chi connectivity index (χ2v) is 8.95. The SMILES string of the molecule is COc1cccc(Cc2nsc(N3CCCN(C(=O)Nc4ccc(Cl)c(Cl)c4)CC3)n2)c1. The minimum Gasteiger partial charge on any atom is -0.497 e. The number of urea groups is 1. The first-order chi connectivity index (χ1) is 15.5. The Morgan fingerprint density at radius 2 is 2.00 bits per heavy atom. The lowest BCUT2D eigenvalue weighted by atomic mass is 10.1. The van der Waals surface area contributed by atoms with E-state index in [1.54, 1.807) is 30.2 Å². The van der Waals surface area contributed by atoms with Gasteiger partial charge in [-0.25, -0.2) is 9.78 Å². The number of hydrogen-bond donors (Lipinski definition) is 1. The summed E-state index contributed by atoms with van der Waals surface area (Å²) in [6.07, 6.45) is 1.50. The summed E-state index contributed by atoms with van der Waals surface area (Å²) in [6.45, 7) is 2.78. The fourth-order valence-corrected chi connectivity index (χ4v) is 4.53. The Labute approximate surface area is 201 Å². The van der Waals surface area contributed by atoms with E-state index in [1.807, 2.05) is 24.3 Å². The Hall–Kier alpha value is -2.55. The molecule has 1 N–H and O–H groups in total. The van der Waals surface area contributed by atoms with Gasteiger partial charge in [-0.2, -0.15) is 4.37 Å². The zero-order chi connectivity index (χ0) is 22.5. The van der Waals surface area contributed by atoms with Gasteiger partial charge in [0.15, 0.2) is 0 Å². The van der Waals surface area contributed by atoms with Gasteiger partial charge in [0.05, 0.1) is 17.2 Å². The normalized spacial score (nSPS) is 14.2. The van der Waals surface area contributed by atoms with Gasteiger partial charge in [-0.05, 0) is 42.3 Å². The Morgan fingerprint density at radius 1 is 1.12 bits per heavy atom. The average molecular weight is 492 g/mol. The van der Waals surface area contributed by atoms with Gasteiger partial charge < -0.3 is 19.9 Å². The van der Waals surface area contributed by atoms with Crippen LogP contribution >= 0.6 is 34.7 Å². The van der Waals surface area contributed by atoms with E-state index in [0.29, 0.717) is 41.8 Å². The van der Waals surface area contributed by atoms with Crippen LogP contribution in [0, 0.1) is 0 Å². The molecule has 2 aromatic carbocycles. The lowest BCUT2D eigenvalue weighted by Crippen LogP contribution is -2.38. The Kier molecular flexibility index (Phi) is 7.34. The molecule has 2 amide bonds. The average Bonchev–Trinajstić information content (AvgIpc) is 3.10. The van der Waals surface area contributed by atoms with Gasteiger partial charge in [0, 0.05) is 49.8 Å². The summed E-state index contributed by atoms with van der Waals surface area (Å²) >= 11 is 13.4. The van der Waals surface area contributed by atoms with Crippen LogP contribution in [0.3, 0.4) is 0 Å². The van der Waals surface area contributed by atoms with Crippen LogP contribution in [0.25, 0.3) is 0 Å². The van der Waals surface area contributed by atoms with Crippen LogP contribution < -0.4 is 15.0 Å². The van der Waals surface area contributed by atoms with Crippen LogP contribution in [-0.2, 0) is 6.42 Å². The first-order valence-corrected chi connectivity index (χ1v) is 11.8. The monoisotopic (exact) mass is 491 g/mol. The fourth-order valence-electron chi connectivity index (χ4n) is 3.50. The molecular formula is C22H23Cl2N5O2S. The Morgan fingerprint density at radius 3 is 2.81 bits per heavy atom. The highest BCUT2D eigenvalue weighted by atomic mass is 35.5. The van der Waals surface area contributed by atoms with Crippen molar-refractivity contribution in [3.63, 3.8) is 0 Å². The largest absolute Gasteiger partial charge is 0.497 e. The quantitative estimate of drug-likeness (QED) is 0.531. The number of carbonyl (C=O) groups excluding carboxylic acids is 1. The second-order valence-electron chi connectivity index (χ2n) is 7.41. The molecule has 0 aliphatic carbocycles. The molecule has 0 atom stereocenters. The van der Waals surface area contributed by atoms with E-state index in [4.69, 9.17) is 32.9 Å². The summed E-state index contributed by atoms with van der Waals surface area (Å²) in [4.78, 5) is 21.4. The molecule has 10 heteroatoms. The van der Waals surface area contributed by atoms with E-state index >= 15 is 0 Å². The molecular weight excluding hydrogens is 469 g/mol. The molecule has 1 aliphatic heterocycles. The molecule has 1 aliphatic rings. The Balaban J connectivity index is 1.35. The first-order valence-electron chi connectivity index (χ1n) is 10.2. The number of amides is 2. The number of nitrogens with one attached hydrogen (secondary N) is 1. The summed E-state index contributed by atoms with van der Waals surface area (Å²) in [5, 5.41) is 4.64. The van der Waals surface area contributed by atoms with Crippen molar-refractivity contribution in [1.82, 2.24) is 14.3 Å². The zero-order valence-corrected chi connectivity index (χ0v) is 19.9. The summed E-state index contributed by atoms with van der Waals surface area (Å²) in [5.74, 6) is 1.61. The maximum Gasteiger partial charge on any atom is 0.321 e. The van der Waals surface area contributed by atoms with Gasteiger partial charge in [-0.3, -0.25) is 0 Å². The van der Waals surface area contributed by atoms with Gasteiger partial charge in [-0.1, -0.05) is 35.3 Å². The number of methoxy groups -OCH3 is 1. The first kappa shape index (κ1) is 22.6. The molecule has 4 rings (SSSR count). The van der Waals surface area contributed by atoms with Crippen LogP contribution in [0.2, 0.25) is 10.0 Å². The maximum absolute atomic E-state index is 12.7. The van der Waals surface area contributed by atoms with Crippen LogP contribution in [0.1, 0.15) is 17.8 Å². The van der Waals surface area contributed by atoms with Crippen molar-refractivity contribution in [2.45, 2.75) is 12.8 Å². The molecule has 0 unspecified atom stereocenters. The molecule has 7 nitrogen and oxygen atoms in total. The number of benzene rings is 2. The summed E-state index contributed by atoms with van der Waals surface area (Å²) in [5.41, 5.74) is 1.73. The standard InChI is InChI=1S/C22H23Cl2N5O2S/c1-31-17-5-2-4-15(12-17)13-20-26-22(32-27-20)29-9-3-8-28(10-11-29)21(30)25-16-6-7-18(23)19(24)14-16/h2,4-7,12,14H,3,8-11,13H2,1H3,(H,25,30). The third-order valence-electron chi connectivity index (χ3n) is 5.18. The highest BCUT2D eigenvalue weighted by molar-refractivity contribution is 7.09. The van der Waals surface area contributed by atoms with Crippen molar-refractivity contribution < 1.29 is 9.53 Å². The molecule has 1 saturated heterocycles. The molecule has 1 fully saturated rings. The van der Waals surface area contributed by atoms with Gasteiger partial charge in [0.2, 0.25) is 5.13 Å². The van der Waals surface area contributed by atoms with Gasteiger partial charge in [0.1, 0.15) is 11.6 Å². The second kappa shape index (κ2) is 10.4. The smallest absolute Gasteiger partial charge is 0.321 e. The van der Waals surface area contributed by atoms with Crippen molar-refractivity contribution >= 4 is 51.6 Å². The topological polar surface area (TPSA) is 70.6 Å². The number of aromatic nitrogens is 2. The van der Waals surface area contributed by atoms with Gasteiger partial charge in [-0.15, -0.1) is 0 Å². The number of nitrogens with zero attached hydrogens (tertiary/aromatic N) is 4. The van der Waals surface area contributed by atoms with E-state index < -0.39 is 0 Å². The summed E-state index contributed by atoms with van der Waals surface area (Å²) in [6, 6.07) is 12.8. The zero-order valence-electron chi connectivity index (χ0n) is 17.6. The predicted octanol–water partition coefficient (Wildman–Crippen LogP) is 5.19. The number of hydrogen-bond acceptors (Lipinski definition) is 6. The molecule has 168 valence electrons. The van der Waals surface area contributed by atoms with Gasteiger partial charge in [0.25, 0.3) is 0 Å². The highest BCUT2D eigenvalue weighted by Crippen LogP contribution is 2.26. The Bertz CT molecular complexity index is 1090. The minimum absolute atomic E-state index is 0.152. The molecule has 0 bridgehead atoms. The highest BCUT2D eigenvalue weighted by Gasteiger charge is 2.21. The van der Waals surface area contributed by atoms with Crippen LogP contribution in [0.5, 0.6) is 5.75 Å². The van der Waals surface area contributed by atoms with Crippen LogP contribution in [0.4, 0.5) is 15.6 Å². The lowest BCUT2D eigenvalue weighted by molar-refractivity contribution is 0.215. The van der Waals surface area contributed by atoms with Crippen molar-refractivity contribution in [2.24, 2.45) is 0 Å². The van der Waals surface area contributed by atoms with E-state index in [-0.39, 0.29) is 6.03 Å². The summed E-state index contributed by atoms with van der Waals surface area (Å²) in [7, 11) is 1.66. The van der Waals surface area contributed by atoms with Crippen molar-refractivity contribution in [2.75, 3.05) is 43.5 Å². The number of halogens is 2. The van der Waals surface area contributed by atoms with Crippen molar-refractivity contribution in [3.8, 4) is 5.75 Å². The van der Waals surface area contributed by atoms with Gasteiger partial charge >= 0.3 is 6.03 Å². The molecule has 0 spiro atoms. The molecule has 0 radical (unpaired) electrons. The lowest BCUT2D eigenvalue weighted by Gasteiger charge is -2.22. The number of anilines is 2. The molecule has 3 aromatic rings. The van der Waals surface area contributed by atoms with E-state index in [0.717, 1.165) is 35.2 Å². The number of carbonyl (C=O) groups is 1. The van der Waals surface area contributed by atoms with Crippen molar-refractivity contribution in [3.05, 3.63) is 63.9 Å². The maximum atomic E-state index is 12.7. The number of rotatable bonds is 5. The molecule has 32 heavy (non-hydrogen) atoms. The van der Waals surface area contributed by atoms with E-state index in [2.05, 4.69) is 14.6 Å². The molecule has 0 saturated carbocycles. The van der Waals surface area contributed by atoms with Crippen LogP contribution in [0.15, 0.2) is 42.5 Å². The number of ether oxygens (including phenoxy) is 1. The molecule has 2 heterocycles.